The second-order valence-electron chi connectivity index (χ2n) is 7.33. The molecular formula is C16H24Cl3F2N3O6. The minimum Gasteiger partial charge on any atom is -0.460 e. The number of carbonyl (C=O) groups is 3. The van der Waals surface area contributed by atoms with E-state index in [4.69, 9.17) is 44.3 Å². The van der Waals surface area contributed by atoms with Gasteiger partial charge in [-0.05, 0) is 33.6 Å². The van der Waals surface area contributed by atoms with E-state index in [1.165, 1.54) is 0 Å². The van der Waals surface area contributed by atoms with Gasteiger partial charge in [-0.3, -0.25) is 14.6 Å². The van der Waals surface area contributed by atoms with Gasteiger partial charge in [-0.2, -0.15) is 8.78 Å². The summed E-state index contributed by atoms with van der Waals surface area (Å²) in [6.45, 7) is 0.480. The lowest BCUT2D eigenvalue weighted by molar-refractivity contribution is -0.157. The van der Waals surface area contributed by atoms with Crippen LogP contribution in [0.2, 0.25) is 0 Å². The van der Waals surface area contributed by atoms with Crippen molar-refractivity contribution in [3.63, 3.8) is 0 Å². The van der Waals surface area contributed by atoms with Crippen LogP contribution in [0.5, 0.6) is 0 Å². The topological polar surface area (TPSA) is 106 Å². The SMILES string of the molecule is CC(C)(C)OC(=O)NC(COC(F)F)C(=O)N1CCC[C@@H](C(=O)OCC(Cl)(Cl)Cl)N1. The van der Waals surface area contributed by atoms with Gasteiger partial charge in [0, 0.05) is 6.54 Å². The summed E-state index contributed by atoms with van der Waals surface area (Å²) < 4.78 is 37.2. The minimum atomic E-state index is -3.15. The molecule has 14 heteroatoms. The molecule has 0 saturated carbocycles. The zero-order valence-electron chi connectivity index (χ0n) is 16.6. The van der Waals surface area contributed by atoms with Crippen LogP contribution in [0.25, 0.3) is 0 Å². The van der Waals surface area contributed by atoms with Crippen molar-refractivity contribution in [2.24, 2.45) is 0 Å². The van der Waals surface area contributed by atoms with Crippen molar-refractivity contribution in [1.29, 1.82) is 0 Å². The second-order valence-corrected chi connectivity index (χ2v) is 9.85. The average molecular weight is 499 g/mol. The van der Waals surface area contributed by atoms with Gasteiger partial charge in [-0.1, -0.05) is 34.8 Å². The van der Waals surface area contributed by atoms with Gasteiger partial charge >= 0.3 is 18.7 Å². The Hall–Kier alpha value is -1.14. The fourth-order valence-corrected chi connectivity index (χ4v) is 2.51. The van der Waals surface area contributed by atoms with E-state index in [0.717, 1.165) is 5.01 Å². The number of amides is 2. The summed E-state index contributed by atoms with van der Waals surface area (Å²) in [5.74, 6) is -1.57. The Labute approximate surface area is 187 Å². The molecule has 0 aromatic rings. The zero-order chi connectivity index (χ0) is 23.1. The molecule has 1 unspecified atom stereocenters. The number of nitrogens with one attached hydrogen (secondary N) is 2. The number of nitrogens with zero attached hydrogens (tertiary/aromatic N) is 1. The molecule has 2 amide bonds. The Morgan fingerprint density at radius 2 is 1.87 bits per heavy atom. The molecule has 1 heterocycles. The highest BCUT2D eigenvalue weighted by Gasteiger charge is 2.35. The third kappa shape index (κ3) is 10.8. The molecular weight excluding hydrogens is 475 g/mol. The van der Waals surface area contributed by atoms with E-state index in [0.29, 0.717) is 12.8 Å². The summed E-state index contributed by atoms with van der Waals surface area (Å²) in [6.07, 6.45) is -0.282. The fraction of sp³-hybridized carbons (Fsp3) is 0.812. The monoisotopic (exact) mass is 497 g/mol. The van der Waals surface area contributed by atoms with Crippen LogP contribution in [-0.4, -0.2) is 70.8 Å². The van der Waals surface area contributed by atoms with E-state index in [1.54, 1.807) is 20.8 Å². The Morgan fingerprint density at radius 1 is 1.23 bits per heavy atom. The maximum absolute atomic E-state index is 12.8. The third-order valence-corrected chi connectivity index (χ3v) is 3.82. The normalized spacial score (nSPS) is 18.7. The molecule has 1 saturated heterocycles. The van der Waals surface area contributed by atoms with Gasteiger partial charge in [-0.15, -0.1) is 0 Å². The van der Waals surface area contributed by atoms with Crippen molar-refractivity contribution in [1.82, 2.24) is 15.8 Å². The standard InChI is InChI=1S/C16H24Cl3F2N3O6/c1-15(2,3)30-14(27)22-10(7-28-13(20)21)11(25)24-6-4-5-9(23-24)12(26)29-8-16(17,18)19/h9-10,13,23H,4-8H2,1-3H3,(H,22,27)/t9-,10?/m0/s1. The molecule has 174 valence electrons. The van der Waals surface area contributed by atoms with Crippen LogP contribution in [0.15, 0.2) is 0 Å². The first-order valence-corrected chi connectivity index (χ1v) is 10.0. The van der Waals surface area contributed by atoms with Gasteiger partial charge < -0.3 is 19.5 Å². The summed E-state index contributed by atoms with van der Waals surface area (Å²) in [4.78, 5) is 36.8. The molecule has 0 spiro atoms. The molecule has 2 N–H and O–H groups in total. The Morgan fingerprint density at radius 3 is 2.40 bits per heavy atom. The van der Waals surface area contributed by atoms with Crippen LogP contribution < -0.4 is 10.7 Å². The number of alkyl halides is 5. The molecule has 0 radical (unpaired) electrons. The van der Waals surface area contributed by atoms with Crippen LogP contribution in [0.3, 0.4) is 0 Å². The van der Waals surface area contributed by atoms with Crippen LogP contribution >= 0.6 is 34.8 Å². The first-order chi connectivity index (χ1) is 13.7. The van der Waals surface area contributed by atoms with Gasteiger partial charge in [0.15, 0.2) is 0 Å². The van der Waals surface area contributed by atoms with Crippen molar-refractivity contribution in [3.05, 3.63) is 0 Å². The molecule has 1 aliphatic rings. The van der Waals surface area contributed by atoms with E-state index in [-0.39, 0.29) is 6.54 Å². The van der Waals surface area contributed by atoms with E-state index < -0.39 is 59.3 Å². The molecule has 0 aromatic heterocycles. The summed E-state index contributed by atoms with van der Waals surface area (Å²) >= 11 is 16.6. The van der Waals surface area contributed by atoms with E-state index >= 15 is 0 Å². The average Bonchev–Trinajstić information content (AvgIpc) is 2.60. The highest BCUT2D eigenvalue weighted by molar-refractivity contribution is 6.67. The Balaban J connectivity index is 2.78. The van der Waals surface area contributed by atoms with E-state index in [9.17, 15) is 23.2 Å². The van der Waals surface area contributed by atoms with Gasteiger partial charge in [0.2, 0.25) is 3.79 Å². The summed E-state index contributed by atoms with van der Waals surface area (Å²) in [7, 11) is 0. The molecule has 1 aliphatic heterocycles. The largest absolute Gasteiger partial charge is 0.460 e. The number of esters is 1. The molecule has 0 aliphatic carbocycles. The highest BCUT2D eigenvalue weighted by atomic mass is 35.6. The molecule has 30 heavy (non-hydrogen) atoms. The van der Waals surface area contributed by atoms with Crippen molar-refractivity contribution < 1.29 is 37.4 Å². The van der Waals surface area contributed by atoms with Gasteiger partial charge in [0.05, 0.1) is 6.61 Å². The summed E-state index contributed by atoms with van der Waals surface area (Å²) in [5.41, 5.74) is 1.75. The number of hydrogen-bond donors (Lipinski definition) is 2. The highest BCUT2D eigenvalue weighted by Crippen LogP contribution is 2.26. The van der Waals surface area contributed by atoms with Crippen molar-refractivity contribution >= 4 is 52.8 Å². The quantitative estimate of drug-likeness (QED) is 0.410. The lowest BCUT2D eigenvalue weighted by Crippen LogP contribution is -2.61. The van der Waals surface area contributed by atoms with Crippen molar-refractivity contribution in [3.8, 4) is 0 Å². The van der Waals surface area contributed by atoms with Crippen LogP contribution in [0.4, 0.5) is 13.6 Å². The number of carbonyl (C=O) groups excluding carboxylic acids is 3. The minimum absolute atomic E-state index is 0.147. The summed E-state index contributed by atoms with van der Waals surface area (Å²) in [6, 6.07) is -2.43. The van der Waals surface area contributed by atoms with E-state index in [2.05, 4.69) is 15.5 Å². The molecule has 9 nitrogen and oxygen atoms in total. The fourth-order valence-electron chi connectivity index (χ4n) is 2.35. The number of alkyl carbamates (subject to hydrolysis) is 1. The van der Waals surface area contributed by atoms with Crippen molar-refractivity contribution in [2.75, 3.05) is 19.8 Å². The lowest BCUT2D eigenvalue weighted by atomic mass is 10.1. The predicted octanol–water partition coefficient (Wildman–Crippen LogP) is 2.53. The van der Waals surface area contributed by atoms with Gasteiger partial charge in [0.1, 0.15) is 24.3 Å². The number of rotatable bonds is 7. The van der Waals surface area contributed by atoms with Crippen molar-refractivity contribution in [2.45, 2.75) is 61.7 Å². The Bertz CT molecular complexity index is 616. The smallest absolute Gasteiger partial charge is 0.408 e. The summed E-state index contributed by atoms with van der Waals surface area (Å²) in [5, 5.41) is 3.21. The van der Waals surface area contributed by atoms with Crippen LogP contribution in [-0.2, 0) is 23.8 Å². The van der Waals surface area contributed by atoms with Crippen LogP contribution in [0, 0.1) is 0 Å². The molecule has 0 aromatic carbocycles. The maximum Gasteiger partial charge on any atom is 0.408 e. The Kier molecular flexibility index (Phi) is 10.3. The molecule has 2 atom stereocenters. The zero-order valence-corrected chi connectivity index (χ0v) is 18.8. The number of hydrazine groups is 1. The predicted molar refractivity (Wildman–Crippen MR) is 104 cm³/mol. The first-order valence-electron chi connectivity index (χ1n) is 8.88. The number of hydrogen-bond acceptors (Lipinski definition) is 7. The van der Waals surface area contributed by atoms with Crippen LogP contribution in [0.1, 0.15) is 33.6 Å². The molecule has 0 bridgehead atoms. The maximum atomic E-state index is 12.8. The van der Waals surface area contributed by atoms with Gasteiger partial charge in [0.25, 0.3) is 5.91 Å². The lowest BCUT2D eigenvalue weighted by Gasteiger charge is -2.35. The molecule has 1 rings (SSSR count). The number of ether oxygens (including phenoxy) is 3. The number of halogens is 5. The first kappa shape index (κ1) is 26.9. The van der Waals surface area contributed by atoms with Gasteiger partial charge in [-0.25, -0.2) is 10.2 Å². The second kappa shape index (κ2) is 11.5. The third-order valence-electron chi connectivity index (χ3n) is 3.49. The van der Waals surface area contributed by atoms with E-state index in [1.807, 2.05) is 0 Å². The molecule has 1 fully saturated rings.